The van der Waals surface area contributed by atoms with E-state index in [1.165, 1.54) is 6.92 Å². The van der Waals surface area contributed by atoms with Crippen LogP contribution in [0.4, 0.5) is 0 Å². The molecule has 1 fully saturated rings. The van der Waals surface area contributed by atoms with Crippen LogP contribution < -0.4 is 26.5 Å². The van der Waals surface area contributed by atoms with Gasteiger partial charge in [0, 0.05) is 5.92 Å². The molecule has 2 N–H and O–H groups in total. The molecule has 2 aromatic carbocycles. The van der Waals surface area contributed by atoms with Crippen molar-refractivity contribution in [1.29, 1.82) is 0 Å². The molecule has 1 aliphatic rings. The third-order valence-corrected chi connectivity index (χ3v) is 8.34. The molecule has 30 heavy (non-hydrogen) atoms. The number of aliphatic hydroxyl groups is 1. The van der Waals surface area contributed by atoms with Gasteiger partial charge in [-0.3, -0.25) is 9.59 Å². The molecule has 1 saturated heterocycles. The Balaban J connectivity index is 1.75. The number of nitrogens with one attached hydrogen (secondary N) is 1. The van der Waals surface area contributed by atoms with Crippen LogP contribution in [0.5, 0.6) is 0 Å². The summed E-state index contributed by atoms with van der Waals surface area (Å²) in [6, 6.07) is 18.3. The van der Waals surface area contributed by atoms with Crippen LogP contribution >= 0.6 is 0 Å². The fourth-order valence-electron chi connectivity index (χ4n) is 3.41. The van der Waals surface area contributed by atoms with Gasteiger partial charge in [-0.25, -0.2) is 4.79 Å². The molecule has 0 aliphatic carbocycles. The van der Waals surface area contributed by atoms with E-state index in [1.54, 1.807) is 6.92 Å². The van der Waals surface area contributed by atoms with Crippen LogP contribution in [-0.4, -0.2) is 38.8 Å². The van der Waals surface area contributed by atoms with Crippen molar-refractivity contribution in [3.05, 3.63) is 69.8 Å². The molecule has 7 heteroatoms. The number of amides is 1. The van der Waals surface area contributed by atoms with Crippen molar-refractivity contribution in [2.24, 2.45) is 11.8 Å². The zero-order chi connectivity index (χ0) is 21.7. The molecular formula is C23H25INO5+. The number of carbonyl (C=O) groups is 3. The zero-order valence-electron chi connectivity index (χ0n) is 16.8. The number of aliphatic hydroxyl groups excluding tert-OH is 1. The zero-order valence-corrected chi connectivity index (χ0v) is 19.0. The van der Waals surface area contributed by atoms with Crippen LogP contribution in [-0.2, 0) is 25.7 Å². The Bertz CT molecular complexity index is 887. The fraction of sp³-hybridized carbons (Fsp3) is 0.348. The number of β-lactam (4-membered cyclic amide) rings is 1. The smallest absolute Gasteiger partial charge is 0.366 e. The summed E-state index contributed by atoms with van der Waals surface area (Å²) in [5.74, 6) is -2.29. The van der Waals surface area contributed by atoms with E-state index in [4.69, 9.17) is 4.74 Å². The second kappa shape index (κ2) is 10.2. The average Bonchev–Trinajstić information content (AvgIpc) is 2.74. The van der Waals surface area contributed by atoms with Gasteiger partial charge in [0.15, 0.2) is 3.57 Å². The highest BCUT2D eigenvalue weighted by molar-refractivity contribution is 6.03. The van der Waals surface area contributed by atoms with Gasteiger partial charge in [-0.2, -0.15) is 0 Å². The van der Waals surface area contributed by atoms with Gasteiger partial charge in [0.2, 0.25) is 11.7 Å². The number of esters is 1. The fourth-order valence-corrected chi connectivity index (χ4v) is 6.27. The van der Waals surface area contributed by atoms with Crippen LogP contribution in [0.2, 0.25) is 0 Å². The summed E-state index contributed by atoms with van der Waals surface area (Å²) in [5.41, 5.74) is 0.850. The van der Waals surface area contributed by atoms with Crippen molar-refractivity contribution in [3.63, 3.8) is 0 Å². The second-order valence-corrected chi connectivity index (χ2v) is 10.5. The number of alkyl halides is 1. The van der Waals surface area contributed by atoms with E-state index in [0.717, 1.165) is 9.13 Å². The molecular weight excluding hydrogens is 497 g/mol. The third-order valence-electron chi connectivity index (χ3n) is 5.15. The van der Waals surface area contributed by atoms with E-state index in [1.807, 2.05) is 60.7 Å². The van der Waals surface area contributed by atoms with Gasteiger partial charge in [-0.1, -0.05) is 55.5 Å². The summed E-state index contributed by atoms with van der Waals surface area (Å²) < 4.78 is 5.58. The van der Waals surface area contributed by atoms with Gasteiger partial charge in [-0.05, 0) is 24.6 Å². The monoisotopic (exact) mass is 522 g/mol. The topological polar surface area (TPSA) is 92.7 Å². The van der Waals surface area contributed by atoms with E-state index in [-0.39, 0.29) is 18.3 Å². The van der Waals surface area contributed by atoms with Crippen LogP contribution in [0.25, 0.3) is 0 Å². The highest BCUT2D eigenvalue weighted by Gasteiger charge is 2.52. The molecule has 5 atom stereocenters. The quantitative estimate of drug-likeness (QED) is 0.141. The Morgan fingerprint density at radius 2 is 1.67 bits per heavy atom. The lowest BCUT2D eigenvalue weighted by Gasteiger charge is -2.41. The Labute approximate surface area is 186 Å². The first kappa shape index (κ1) is 22.4. The molecule has 0 spiro atoms. The highest BCUT2D eigenvalue weighted by atomic mass is 127. The predicted molar refractivity (Wildman–Crippen MR) is 106 cm³/mol. The van der Waals surface area contributed by atoms with Gasteiger partial charge in [0.05, 0.1) is 18.1 Å². The largest absolute Gasteiger partial charge is 0.457 e. The Hall–Kier alpha value is -2.26. The van der Waals surface area contributed by atoms with Crippen LogP contribution in [0.15, 0.2) is 60.7 Å². The van der Waals surface area contributed by atoms with Crippen LogP contribution in [0.1, 0.15) is 19.4 Å². The number of ketones is 1. The maximum absolute atomic E-state index is 13.3. The minimum Gasteiger partial charge on any atom is -0.457 e. The number of rotatable bonds is 9. The standard InChI is InChI=1S/C23H24INO5/c1-14(20-18(15(2)26)22(28)25-20)21(27)19(24-17-11-7-4-8-12-17)23(29)30-13-16-9-5-3-6-10-16/h3-12,14-15,18-20,26H,13H2,1-2H3/p+1/t14?,15-,18-,19-,20-/m1/s1. The molecule has 1 heterocycles. The number of Topliss-reactive ketones (excluding diaryl/α,β-unsaturated/α-hetero) is 1. The average molecular weight is 522 g/mol. The Morgan fingerprint density at radius 3 is 2.23 bits per heavy atom. The first-order chi connectivity index (χ1) is 14.4. The maximum Gasteiger partial charge on any atom is 0.366 e. The molecule has 0 radical (unpaired) electrons. The van der Waals surface area contributed by atoms with E-state index < -0.39 is 55.1 Å². The Morgan fingerprint density at radius 1 is 1.07 bits per heavy atom. The second-order valence-electron chi connectivity index (χ2n) is 7.35. The molecule has 2 aromatic rings. The molecule has 0 saturated carbocycles. The number of ether oxygens (including phenoxy) is 1. The summed E-state index contributed by atoms with van der Waals surface area (Å²) in [6.45, 7) is 3.34. The lowest BCUT2D eigenvalue weighted by Crippen LogP contribution is -3.66. The summed E-state index contributed by atoms with van der Waals surface area (Å²) in [4.78, 5) is 38.0. The molecule has 1 amide bonds. The van der Waals surface area contributed by atoms with Gasteiger partial charge < -0.3 is 15.2 Å². The Kier molecular flexibility index (Phi) is 7.60. The van der Waals surface area contributed by atoms with Crippen molar-refractivity contribution in [1.82, 2.24) is 5.32 Å². The molecule has 1 aliphatic heterocycles. The van der Waals surface area contributed by atoms with Gasteiger partial charge in [0.25, 0.3) is 0 Å². The minimum absolute atomic E-state index is 0.104. The first-order valence-electron chi connectivity index (χ1n) is 9.79. The molecule has 158 valence electrons. The summed E-state index contributed by atoms with van der Waals surface area (Å²) in [7, 11) is 0. The van der Waals surface area contributed by atoms with E-state index >= 15 is 0 Å². The highest BCUT2D eigenvalue weighted by Crippen LogP contribution is 2.26. The first-order valence-corrected chi connectivity index (χ1v) is 12.1. The SMILES string of the molecule is CC(C(=O)[C@@H]([I+]c1ccccc1)C(=O)OCc1ccccc1)[C@H]1NC(=O)[C@@H]1[C@@H](C)O. The van der Waals surface area contributed by atoms with Gasteiger partial charge >= 0.3 is 31.1 Å². The lowest BCUT2D eigenvalue weighted by molar-refractivity contribution is -0.639. The molecule has 0 bridgehead atoms. The molecule has 6 nitrogen and oxygen atoms in total. The van der Waals surface area contributed by atoms with Crippen LogP contribution in [0.3, 0.4) is 0 Å². The summed E-state index contributed by atoms with van der Waals surface area (Å²) in [5, 5.41) is 12.6. The number of benzene rings is 2. The van der Waals surface area contributed by atoms with E-state index in [0.29, 0.717) is 0 Å². The third kappa shape index (κ3) is 5.26. The number of carbonyl (C=O) groups excluding carboxylic acids is 3. The lowest BCUT2D eigenvalue weighted by atomic mass is 9.77. The number of hydrogen-bond acceptors (Lipinski definition) is 5. The maximum atomic E-state index is 13.3. The van der Waals surface area contributed by atoms with Crippen molar-refractivity contribution < 1.29 is 45.4 Å². The molecule has 0 aromatic heterocycles. The molecule has 1 unspecified atom stereocenters. The summed E-state index contributed by atoms with van der Waals surface area (Å²) in [6.07, 6.45) is -0.855. The molecule has 3 rings (SSSR count). The van der Waals surface area contributed by atoms with E-state index in [2.05, 4.69) is 5.32 Å². The number of halogens is 1. The summed E-state index contributed by atoms with van der Waals surface area (Å²) >= 11 is -0.983. The normalized spacial score (nSPS) is 21.0. The van der Waals surface area contributed by atoms with Crippen molar-refractivity contribution in [3.8, 4) is 0 Å². The van der Waals surface area contributed by atoms with Gasteiger partial charge in [-0.15, -0.1) is 0 Å². The van der Waals surface area contributed by atoms with E-state index in [9.17, 15) is 19.5 Å². The van der Waals surface area contributed by atoms with Crippen molar-refractivity contribution in [2.45, 2.75) is 36.5 Å². The minimum atomic E-state index is -0.983. The predicted octanol–water partition coefficient (Wildman–Crippen LogP) is -1.24. The van der Waals surface area contributed by atoms with Crippen molar-refractivity contribution in [2.75, 3.05) is 0 Å². The number of hydrogen-bond donors (Lipinski definition) is 2. The van der Waals surface area contributed by atoms with Crippen LogP contribution in [0, 0.1) is 15.4 Å². The van der Waals surface area contributed by atoms with Gasteiger partial charge in [0.1, 0.15) is 6.61 Å². The van der Waals surface area contributed by atoms with Crippen molar-refractivity contribution >= 4 is 17.7 Å².